The SMILES string of the molecule is CCO[C@@H]1CS[C@@]12CCC(=S)N2C. The first-order chi connectivity index (χ1) is 6.20. The summed E-state index contributed by atoms with van der Waals surface area (Å²) in [4.78, 5) is 3.54. The fourth-order valence-electron chi connectivity index (χ4n) is 2.10. The van der Waals surface area contributed by atoms with Crippen LogP contribution in [0.5, 0.6) is 0 Å². The lowest BCUT2D eigenvalue weighted by Gasteiger charge is -2.50. The van der Waals surface area contributed by atoms with Gasteiger partial charge in [-0.2, -0.15) is 0 Å². The monoisotopic (exact) mass is 217 g/mol. The fraction of sp³-hybridized carbons (Fsp3) is 0.889. The van der Waals surface area contributed by atoms with E-state index in [2.05, 4.69) is 18.9 Å². The Bertz CT molecular complexity index is 234. The summed E-state index contributed by atoms with van der Waals surface area (Å²) in [5.74, 6) is 1.13. The summed E-state index contributed by atoms with van der Waals surface area (Å²) < 4.78 is 5.71. The van der Waals surface area contributed by atoms with Gasteiger partial charge < -0.3 is 9.64 Å². The predicted octanol–water partition coefficient (Wildman–Crippen LogP) is 1.89. The zero-order valence-corrected chi connectivity index (χ0v) is 9.71. The van der Waals surface area contributed by atoms with Crippen molar-refractivity contribution in [3.8, 4) is 0 Å². The van der Waals surface area contributed by atoms with Crippen molar-refractivity contribution in [2.45, 2.75) is 30.7 Å². The van der Waals surface area contributed by atoms with Gasteiger partial charge in [0, 0.05) is 25.8 Å². The molecule has 0 aromatic carbocycles. The van der Waals surface area contributed by atoms with Crippen LogP contribution in [-0.4, -0.2) is 40.3 Å². The van der Waals surface area contributed by atoms with Gasteiger partial charge in [-0.3, -0.25) is 0 Å². The Balaban J connectivity index is 2.08. The van der Waals surface area contributed by atoms with Crippen molar-refractivity contribution >= 4 is 29.0 Å². The number of likely N-dealkylation sites (tertiary alicyclic amines) is 1. The van der Waals surface area contributed by atoms with Gasteiger partial charge >= 0.3 is 0 Å². The molecule has 0 radical (unpaired) electrons. The van der Waals surface area contributed by atoms with E-state index in [1.807, 2.05) is 11.8 Å². The van der Waals surface area contributed by atoms with Gasteiger partial charge in [-0.05, 0) is 13.3 Å². The maximum Gasteiger partial charge on any atom is 0.114 e. The maximum atomic E-state index is 5.71. The van der Waals surface area contributed by atoms with Gasteiger partial charge in [0.25, 0.3) is 0 Å². The lowest BCUT2D eigenvalue weighted by Crippen LogP contribution is -2.59. The molecule has 2 heterocycles. The van der Waals surface area contributed by atoms with Crippen molar-refractivity contribution < 1.29 is 4.74 Å². The number of likely N-dealkylation sites (N-methyl/N-ethyl adjacent to an activating group) is 1. The second-order valence-electron chi connectivity index (χ2n) is 3.55. The van der Waals surface area contributed by atoms with Crippen LogP contribution in [0, 0.1) is 0 Å². The fourth-order valence-corrected chi connectivity index (χ4v) is 3.83. The standard InChI is InChI=1S/C9H15NOS2/c1-3-11-7-6-13-9(7)5-4-8(12)10(9)2/h7H,3-6H2,1-2H3/t7-,9+/m1/s1. The summed E-state index contributed by atoms with van der Waals surface area (Å²) >= 11 is 7.27. The highest BCUT2D eigenvalue weighted by atomic mass is 32.2. The Kier molecular flexibility index (Phi) is 2.55. The van der Waals surface area contributed by atoms with Crippen LogP contribution in [0.2, 0.25) is 0 Å². The molecule has 2 rings (SSSR count). The molecule has 2 aliphatic heterocycles. The first-order valence-corrected chi connectivity index (χ1v) is 6.12. The molecule has 13 heavy (non-hydrogen) atoms. The topological polar surface area (TPSA) is 12.5 Å². The van der Waals surface area contributed by atoms with E-state index in [-0.39, 0.29) is 4.87 Å². The summed E-state index contributed by atoms with van der Waals surface area (Å²) in [6.07, 6.45) is 2.62. The van der Waals surface area contributed by atoms with Crippen LogP contribution >= 0.6 is 24.0 Å². The predicted molar refractivity (Wildman–Crippen MR) is 60.2 cm³/mol. The lowest BCUT2D eigenvalue weighted by atomic mass is 10.1. The van der Waals surface area contributed by atoms with Crippen molar-refractivity contribution in [3.63, 3.8) is 0 Å². The van der Waals surface area contributed by atoms with Crippen LogP contribution in [0.4, 0.5) is 0 Å². The maximum absolute atomic E-state index is 5.71. The third-order valence-corrected chi connectivity index (χ3v) is 5.18. The number of hydrogen-bond acceptors (Lipinski definition) is 3. The average Bonchev–Trinajstić information content (AvgIpc) is 2.41. The summed E-state index contributed by atoms with van der Waals surface area (Å²) in [5, 5.41) is 0. The van der Waals surface area contributed by atoms with E-state index < -0.39 is 0 Å². The van der Waals surface area contributed by atoms with Crippen LogP contribution in [0.25, 0.3) is 0 Å². The Hall–Kier alpha value is 0.200. The lowest BCUT2D eigenvalue weighted by molar-refractivity contribution is 0.00754. The zero-order valence-electron chi connectivity index (χ0n) is 8.08. The molecular formula is C9H15NOS2. The van der Waals surface area contributed by atoms with Crippen molar-refractivity contribution in [2.24, 2.45) is 0 Å². The third-order valence-electron chi connectivity index (χ3n) is 2.99. The minimum Gasteiger partial charge on any atom is -0.374 e. The molecule has 2 atom stereocenters. The number of thiocarbonyl (C=S) groups is 1. The minimum absolute atomic E-state index is 0.201. The van der Waals surface area contributed by atoms with Crippen molar-refractivity contribution in [1.82, 2.24) is 4.90 Å². The molecule has 0 amide bonds. The van der Waals surface area contributed by atoms with E-state index >= 15 is 0 Å². The molecule has 74 valence electrons. The third kappa shape index (κ3) is 1.30. The second-order valence-corrected chi connectivity index (χ2v) is 5.35. The molecule has 0 N–H and O–H groups in total. The second kappa shape index (κ2) is 3.41. The van der Waals surface area contributed by atoms with E-state index in [9.17, 15) is 0 Å². The highest BCUT2D eigenvalue weighted by Crippen LogP contribution is 2.51. The molecule has 1 spiro atoms. The van der Waals surface area contributed by atoms with Gasteiger partial charge in [0.05, 0.1) is 11.1 Å². The normalized spacial score (nSPS) is 38.5. The molecule has 2 saturated heterocycles. The van der Waals surface area contributed by atoms with Gasteiger partial charge in [0.2, 0.25) is 0 Å². The molecule has 2 nitrogen and oxygen atoms in total. The van der Waals surface area contributed by atoms with Crippen LogP contribution in [0.3, 0.4) is 0 Å². The molecule has 0 unspecified atom stereocenters. The quantitative estimate of drug-likeness (QED) is 0.655. The number of hydrogen-bond donors (Lipinski definition) is 0. The van der Waals surface area contributed by atoms with E-state index in [0.717, 1.165) is 30.2 Å². The molecule has 0 saturated carbocycles. The van der Waals surface area contributed by atoms with E-state index in [1.54, 1.807) is 0 Å². The van der Waals surface area contributed by atoms with E-state index in [0.29, 0.717) is 6.10 Å². The van der Waals surface area contributed by atoms with E-state index in [1.165, 1.54) is 0 Å². The highest BCUT2D eigenvalue weighted by Gasteiger charge is 2.55. The van der Waals surface area contributed by atoms with Gasteiger partial charge in [-0.15, -0.1) is 11.8 Å². The largest absolute Gasteiger partial charge is 0.374 e. The van der Waals surface area contributed by atoms with Crippen molar-refractivity contribution in [3.05, 3.63) is 0 Å². The van der Waals surface area contributed by atoms with Gasteiger partial charge in [-0.1, -0.05) is 12.2 Å². The molecule has 2 aliphatic rings. The zero-order chi connectivity index (χ0) is 9.47. The Morgan fingerprint density at radius 3 is 2.92 bits per heavy atom. The Labute approximate surface area is 89.0 Å². The summed E-state index contributed by atoms with van der Waals surface area (Å²) in [7, 11) is 2.10. The van der Waals surface area contributed by atoms with Gasteiger partial charge in [-0.25, -0.2) is 0 Å². The molecule has 2 fully saturated rings. The van der Waals surface area contributed by atoms with Crippen molar-refractivity contribution in [2.75, 3.05) is 19.4 Å². The van der Waals surface area contributed by atoms with Gasteiger partial charge in [0.15, 0.2) is 0 Å². The molecule has 0 aliphatic carbocycles. The molecule has 0 aromatic rings. The minimum atomic E-state index is 0.201. The smallest absolute Gasteiger partial charge is 0.114 e. The molecule has 0 bridgehead atoms. The first kappa shape index (κ1) is 9.74. The Morgan fingerprint density at radius 1 is 1.77 bits per heavy atom. The molecule has 4 heteroatoms. The summed E-state index contributed by atoms with van der Waals surface area (Å²) in [6, 6.07) is 0. The molecule has 0 aromatic heterocycles. The summed E-state index contributed by atoms with van der Waals surface area (Å²) in [6.45, 7) is 2.87. The van der Waals surface area contributed by atoms with Gasteiger partial charge in [0.1, 0.15) is 4.87 Å². The summed E-state index contributed by atoms with van der Waals surface area (Å²) in [5.41, 5.74) is 0. The number of thioether (sulfide) groups is 1. The first-order valence-electron chi connectivity index (χ1n) is 4.73. The highest BCUT2D eigenvalue weighted by molar-refractivity contribution is 8.02. The van der Waals surface area contributed by atoms with E-state index in [4.69, 9.17) is 17.0 Å². The van der Waals surface area contributed by atoms with Crippen molar-refractivity contribution in [1.29, 1.82) is 0 Å². The average molecular weight is 217 g/mol. The molecular weight excluding hydrogens is 202 g/mol. The van der Waals surface area contributed by atoms with Crippen LogP contribution in [0.1, 0.15) is 19.8 Å². The number of ether oxygens (including phenoxy) is 1. The Morgan fingerprint density at radius 2 is 2.54 bits per heavy atom. The number of rotatable bonds is 2. The van der Waals surface area contributed by atoms with Crippen LogP contribution in [0.15, 0.2) is 0 Å². The van der Waals surface area contributed by atoms with Crippen LogP contribution < -0.4 is 0 Å². The van der Waals surface area contributed by atoms with Crippen LogP contribution in [-0.2, 0) is 4.74 Å². The number of nitrogens with zero attached hydrogens (tertiary/aromatic N) is 1.